The van der Waals surface area contributed by atoms with E-state index < -0.39 is 10.0 Å². The fourth-order valence-electron chi connectivity index (χ4n) is 3.41. The van der Waals surface area contributed by atoms with E-state index in [4.69, 9.17) is 0 Å². The van der Waals surface area contributed by atoms with Crippen molar-refractivity contribution in [3.05, 3.63) is 11.4 Å². The van der Waals surface area contributed by atoms with Gasteiger partial charge in [0.05, 0.1) is 16.9 Å². The zero-order valence-corrected chi connectivity index (χ0v) is 16.6. The first-order valence-corrected chi connectivity index (χ1v) is 10.9. The fourth-order valence-corrected chi connectivity index (χ4v) is 5.92. The van der Waals surface area contributed by atoms with Crippen LogP contribution < -0.4 is 4.72 Å². The molecule has 2 rings (SSSR count). The summed E-state index contributed by atoms with van der Waals surface area (Å²) in [7, 11) is -3.53. The molecule has 1 aliphatic rings. The molecule has 1 fully saturated rings. The number of nitrogens with one attached hydrogen (secondary N) is 1. The Morgan fingerprint density at radius 2 is 1.91 bits per heavy atom. The molecule has 0 spiro atoms. The Morgan fingerprint density at radius 1 is 1.26 bits per heavy atom. The van der Waals surface area contributed by atoms with E-state index in [1.54, 1.807) is 6.92 Å². The van der Waals surface area contributed by atoms with Gasteiger partial charge in [-0.15, -0.1) is 0 Å². The zero-order chi connectivity index (χ0) is 17.4. The average Bonchev–Trinajstić information content (AvgIpc) is 2.74. The number of aromatic nitrogens is 2. The van der Waals surface area contributed by atoms with Crippen LogP contribution in [-0.4, -0.2) is 35.7 Å². The summed E-state index contributed by atoms with van der Waals surface area (Å²) < 4.78 is 30.5. The molecule has 1 aromatic rings. The molecule has 23 heavy (non-hydrogen) atoms. The van der Waals surface area contributed by atoms with Gasteiger partial charge in [0, 0.05) is 11.3 Å². The van der Waals surface area contributed by atoms with Crippen LogP contribution in [0.5, 0.6) is 0 Å². The maximum absolute atomic E-state index is 12.9. The number of hydrogen-bond donors (Lipinski definition) is 1. The van der Waals surface area contributed by atoms with Crippen LogP contribution in [0.2, 0.25) is 0 Å². The van der Waals surface area contributed by atoms with E-state index in [0.29, 0.717) is 21.5 Å². The highest BCUT2D eigenvalue weighted by molar-refractivity contribution is 7.99. The molecule has 0 amide bonds. The molecule has 0 radical (unpaired) electrons. The lowest BCUT2D eigenvalue weighted by molar-refractivity contribution is 0.345. The first-order valence-electron chi connectivity index (χ1n) is 8.18. The molecule has 0 bridgehead atoms. The van der Waals surface area contributed by atoms with E-state index in [2.05, 4.69) is 16.1 Å². The first kappa shape index (κ1) is 18.8. The van der Waals surface area contributed by atoms with Crippen LogP contribution in [0.25, 0.3) is 0 Å². The Labute approximate surface area is 144 Å². The van der Waals surface area contributed by atoms with Gasteiger partial charge in [-0.25, -0.2) is 13.1 Å². The third kappa shape index (κ3) is 4.12. The third-order valence-corrected chi connectivity index (χ3v) is 7.28. The summed E-state index contributed by atoms with van der Waals surface area (Å²) >= 11 is 1.83. The lowest BCUT2D eigenvalue weighted by Crippen LogP contribution is -2.39. The summed E-state index contributed by atoms with van der Waals surface area (Å²) in [5.74, 6) is 0. The molecule has 1 aromatic heterocycles. The smallest absolute Gasteiger partial charge is 0.244 e. The van der Waals surface area contributed by atoms with Crippen molar-refractivity contribution in [3.8, 4) is 0 Å². The molecule has 5 nitrogen and oxygen atoms in total. The highest BCUT2D eigenvalue weighted by Gasteiger charge is 2.31. The van der Waals surface area contributed by atoms with Crippen molar-refractivity contribution < 1.29 is 8.42 Å². The lowest BCUT2D eigenvalue weighted by atomic mass is 9.96. The molecular formula is C16H29N3O2S2. The van der Waals surface area contributed by atoms with Gasteiger partial charge in [0.2, 0.25) is 10.0 Å². The summed E-state index contributed by atoms with van der Waals surface area (Å²) in [6.07, 6.45) is 6.19. The van der Waals surface area contributed by atoms with E-state index in [-0.39, 0.29) is 11.6 Å². The molecule has 1 heterocycles. The van der Waals surface area contributed by atoms with Crippen LogP contribution in [0.4, 0.5) is 0 Å². The predicted octanol–water partition coefficient (Wildman–Crippen LogP) is 3.21. The minimum Gasteiger partial charge on any atom is -0.263 e. The Hall–Kier alpha value is -0.530. The van der Waals surface area contributed by atoms with E-state index in [1.165, 1.54) is 6.42 Å². The standard InChI is InChI=1S/C16H29N3O2S2/c1-11-15(12(2)19(17-11)16(3,4)5)23(20,21)18-13-8-7-9-14(10-13)22-6/h13-14,18H,7-10H2,1-6H3/t13-,14-/m1/s1. The van der Waals surface area contributed by atoms with Crippen LogP contribution >= 0.6 is 11.8 Å². The highest BCUT2D eigenvalue weighted by atomic mass is 32.2. The van der Waals surface area contributed by atoms with Gasteiger partial charge in [0.25, 0.3) is 0 Å². The Balaban J connectivity index is 2.28. The Bertz CT molecular complexity index is 660. The van der Waals surface area contributed by atoms with Crippen molar-refractivity contribution in [3.63, 3.8) is 0 Å². The molecule has 0 saturated heterocycles. The second-order valence-corrected chi connectivity index (χ2v) is 10.2. The topological polar surface area (TPSA) is 64.0 Å². The maximum atomic E-state index is 12.9. The number of aryl methyl sites for hydroxylation is 1. The van der Waals surface area contributed by atoms with E-state index in [9.17, 15) is 8.42 Å². The van der Waals surface area contributed by atoms with Crippen LogP contribution in [0.15, 0.2) is 4.90 Å². The van der Waals surface area contributed by atoms with Gasteiger partial charge in [-0.1, -0.05) is 6.42 Å². The summed E-state index contributed by atoms with van der Waals surface area (Å²) in [4.78, 5) is 0.346. The molecule has 1 N–H and O–H groups in total. The monoisotopic (exact) mass is 359 g/mol. The first-order chi connectivity index (χ1) is 10.6. The molecule has 0 aliphatic heterocycles. The zero-order valence-electron chi connectivity index (χ0n) is 15.0. The van der Waals surface area contributed by atoms with E-state index in [1.807, 2.05) is 44.1 Å². The van der Waals surface area contributed by atoms with Crippen molar-refractivity contribution in [2.75, 3.05) is 6.26 Å². The predicted molar refractivity (Wildman–Crippen MR) is 96.6 cm³/mol. The summed E-state index contributed by atoms with van der Waals surface area (Å²) in [5.41, 5.74) is 1.04. The minimum absolute atomic E-state index is 0.0305. The summed E-state index contributed by atoms with van der Waals surface area (Å²) in [6, 6.07) is 0.0305. The number of nitrogens with zero attached hydrogens (tertiary/aromatic N) is 2. The van der Waals surface area contributed by atoms with Crippen molar-refractivity contribution in [1.82, 2.24) is 14.5 Å². The minimum atomic E-state index is -3.53. The van der Waals surface area contributed by atoms with Gasteiger partial charge < -0.3 is 0 Å². The van der Waals surface area contributed by atoms with Gasteiger partial charge in [-0.05, 0) is 60.1 Å². The van der Waals surface area contributed by atoms with Gasteiger partial charge in [0.1, 0.15) is 4.90 Å². The van der Waals surface area contributed by atoms with Crippen molar-refractivity contribution in [1.29, 1.82) is 0 Å². The van der Waals surface area contributed by atoms with Crippen molar-refractivity contribution >= 4 is 21.8 Å². The van der Waals surface area contributed by atoms with Gasteiger partial charge in [-0.3, -0.25) is 4.68 Å². The van der Waals surface area contributed by atoms with E-state index >= 15 is 0 Å². The van der Waals surface area contributed by atoms with Crippen LogP contribution in [0, 0.1) is 13.8 Å². The van der Waals surface area contributed by atoms with Crippen molar-refractivity contribution in [2.45, 2.75) is 82.0 Å². The van der Waals surface area contributed by atoms with Gasteiger partial charge >= 0.3 is 0 Å². The van der Waals surface area contributed by atoms with Crippen LogP contribution in [0.3, 0.4) is 0 Å². The van der Waals surface area contributed by atoms with Gasteiger partial charge in [0.15, 0.2) is 0 Å². The fraction of sp³-hybridized carbons (Fsp3) is 0.812. The van der Waals surface area contributed by atoms with Gasteiger partial charge in [-0.2, -0.15) is 16.9 Å². The largest absolute Gasteiger partial charge is 0.263 e. The third-order valence-electron chi connectivity index (χ3n) is 4.41. The number of sulfonamides is 1. The van der Waals surface area contributed by atoms with Crippen molar-refractivity contribution in [2.24, 2.45) is 0 Å². The molecule has 7 heteroatoms. The average molecular weight is 360 g/mol. The maximum Gasteiger partial charge on any atom is 0.244 e. The molecule has 0 unspecified atom stereocenters. The van der Waals surface area contributed by atoms with Crippen LogP contribution in [0.1, 0.15) is 57.8 Å². The molecule has 2 atom stereocenters. The SMILES string of the molecule is CS[C@@H]1CCC[C@@H](NS(=O)(=O)c2c(C)nn(C(C)(C)C)c2C)C1. The number of thioether (sulfide) groups is 1. The second-order valence-electron chi connectivity index (χ2n) is 7.43. The Morgan fingerprint density at radius 3 is 2.43 bits per heavy atom. The van der Waals surface area contributed by atoms with Crippen LogP contribution in [-0.2, 0) is 15.6 Å². The lowest BCUT2D eigenvalue weighted by Gasteiger charge is -2.28. The molecular weight excluding hydrogens is 330 g/mol. The normalized spacial score (nSPS) is 23.2. The van der Waals surface area contributed by atoms with E-state index in [0.717, 1.165) is 19.3 Å². The summed E-state index contributed by atoms with van der Waals surface area (Å²) in [6.45, 7) is 9.70. The number of rotatable bonds is 4. The highest BCUT2D eigenvalue weighted by Crippen LogP contribution is 2.29. The molecule has 0 aromatic carbocycles. The number of hydrogen-bond acceptors (Lipinski definition) is 4. The molecule has 1 saturated carbocycles. The quantitative estimate of drug-likeness (QED) is 0.896. The molecule has 132 valence electrons. The second kappa shape index (κ2) is 6.76. The summed E-state index contributed by atoms with van der Waals surface area (Å²) in [5, 5.41) is 5.02. The molecule has 1 aliphatic carbocycles. The Kier molecular flexibility index (Phi) is 5.53.